The van der Waals surface area contributed by atoms with E-state index in [2.05, 4.69) is 4.38 Å². The first-order valence-electron chi connectivity index (χ1n) is 4.45. The zero-order valence-electron chi connectivity index (χ0n) is 8.16. The topological polar surface area (TPSA) is 88.3 Å². The Morgan fingerprint density at radius 1 is 1.06 bits per heavy atom. The summed E-state index contributed by atoms with van der Waals surface area (Å²) in [5, 5.41) is 9.54. The van der Waals surface area contributed by atoms with Crippen molar-refractivity contribution in [3.8, 4) is 0 Å². The monoisotopic (exact) mass is 234 g/mol. The lowest BCUT2D eigenvalue weighted by molar-refractivity contribution is 0.604. The molecule has 0 heterocycles. The second kappa shape index (κ2) is 3.47. The van der Waals surface area contributed by atoms with Gasteiger partial charge in [0.25, 0.3) is 4.38 Å². The standard InChI is InChI=1S/C10H8N3O2S/c11-9-5-6-10(16(14,15)13-12)8-4-2-1-3-7(8)9/h1-6H,11H2/q+1. The number of fused-ring (bicyclic) bond motifs is 1. The molecule has 0 bridgehead atoms. The largest absolute Gasteiger partial charge is 0.553 e. The van der Waals surface area contributed by atoms with Crippen LogP contribution < -0.4 is 5.73 Å². The van der Waals surface area contributed by atoms with E-state index in [1.54, 1.807) is 24.3 Å². The Balaban J connectivity index is 2.95. The maximum Gasteiger partial charge on any atom is 0.553 e. The summed E-state index contributed by atoms with van der Waals surface area (Å²) in [6, 6.07) is 9.57. The van der Waals surface area contributed by atoms with E-state index in [0.29, 0.717) is 16.5 Å². The van der Waals surface area contributed by atoms with Gasteiger partial charge in [-0.25, -0.2) is 0 Å². The van der Waals surface area contributed by atoms with Crippen LogP contribution in [0.15, 0.2) is 41.3 Å². The highest BCUT2D eigenvalue weighted by Crippen LogP contribution is 2.28. The van der Waals surface area contributed by atoms with Crippen molar-refractivity contribution in [1.82, 2.24) is 0 Å². The third kappa shape index (κ3) is 1.47. The first-order valence-corrected chi connectivity index (χ1v) is 5.89. The molecule has 5 nitrogen and oxygen atoms in total. The van der Waals surface area contributed by atoms with Crippen molar-refractivity contribution in [2.75, 3.05) is 5.73 Å². The minimum atomic E-state index is -4.02. The van der Waals surface area contributed by atoms with Gasteiger partial charge in [0.05, 0.1) is 0 Å². The van der Waals surface area contributed by atoms with Crippen molar-refractivity contribution in [2.24, 2.45) is 0 Å². The summed E-state index contributed by atoms with van der Waals surface area (Å²) in [6.45, 7) is 0. The van der Waals surface area contributed by atoms with Crippen molar-refractivity contribution >= 4 is 26.5 Å². The highest BCUT2D eigenvalue weighted by molar-refractivity contribution is 7.93. The Labute approximate surface area is 92.2 Å². The second-order valence-electron chi connectivity index (χ2n) is 3.26. The molecule has 16 heavy (non-hydrogen) atoms. The number of hydrogen-bond acceptors (Lipinski definition) is 4. The van der Waals surface area contributed by atoms with Crippen LogP contribution in [0.4, 0.5) is 5.69 Å². The SMILES string of the molecule is N#[N+]S(=O)(=O)c1ccc(N)c2ccccc12. The van der Waals surface area contributed by atoms with Gasteiger partial charge in [-0.1, -0.05) is 24.3 Å². The molecule has 0 aliphatic heterocycles. The predicted octanol–water partition coefficient (Wildman–Crippen LogP) is 1.96. The number of nitrogens with zero attached hydrogens (tertiary/aromatic N) is 2. The highest BCUT2D eigenvalue weighted by Gasteiger charge is 2.29. The molecule has 2 N–H and O–H groups in total. The molecule has 0 unspecified atom stereocenters. The van der Waals surface area contributed by atoms with Crippen LogP contribution in [-0.2, 0) is 10.0 Å². The smallest absolute Gasteiger partial charge is 0.398 e. The van der Waals surface area contributed by atoms with Gasteiger partial charge in [-0.05, 0) is 12.1 Å². The van der Waals surface area contributed by atoms with E-state index in [0.717, 1.165) is 0 Å². The number of nitrogens with two attached hydrogens (primary N) is 1. The molecule has 0 atom stereocenters. The summed E-state index contributed by atoms with van der Waals surface area (Å²) in [7, 11) is -4.02. The summed E-state index contributed by atoms with van der Waals surface area (Å²) in [6.07, 6.45) is 0. The van der Waals surface area contributed by atoms with Gasteiger partial charge in [0.15, 0.2) is 4.90 Å². The Bertz CT molecular complexity index is 702. The van der Waals surface area contributed by atoms with Crippen LogP contribution in [0.25, 0.3) is 15.2 Å². The van der Waals surface area contributed by atoms with Crippen LogP contribution in [0.2, 0.25) is 0 Å². The lowest BCUT2D eigenvalue weighted by Crippen LogP contribution is -1.97. The number of anilines is 1. The summed E-state index contributed by atoms with van der Waals surface area (Å²) in [4.78, 5) is -0.0557. The van der Waals surface area contributed by atoms with Gasteiger partial charge in [0.1, 0.15) is 0 Å². The molecule has 0 aromatic heterocycles. The fraction of sp³-hybridized carbons (Fsp3) is 0. The van der Waals surface area contributed by atoms with Crippen molar-refractivity contribution in [2.45, 2.75) is 4.90 Å². The summed E-state index contributed by atoms with van der Waals surface area (Å²) < 4.78 is 25.3. The third-order valence-corrected chi connectivity index (χ3v) is 3.43. The Morgan fingerprint density at radius 2 is 1.69 bits per heavy atom. The van der Waals surface area contributed by atoms with E-state index in [-0.39, 0.29) is 4.90 Å². The maximum atomic E-state index is 11.5. The average Bonchev–Trinajstić information content (AvgIpc) is 2.29. The number of sulfonamides is 1. The van der Waals surface area contributed by atoms with E-state index >= 15 is 0 Å². The third-order valence-electron chi connectivity index (χ3n) is 2.30. The number of rotatable bonds is 1. The molecule has 0 radical (unpaired) electrons. The fourth-order valence-electron chi connectivity index (χ4n) is 1.56. The van der Waals surface area contributed by atoms with Crippen LogP contribution in [0.3, 0.4) is 0 Å². The Morgan fingerprint density at radius 3 is 2.31 bits per heavy atom. The molecule has 0 saturated heterocycles. The first kappa shape index (κ1) is 10.4. The van der Waals surface area contributed by atoms with Crippen LogP contribution in [-0.4, -0.2) is 8.42 Å². The average molecular weight is 234 g/mol. The van der Waals surface area contributed by atoms with Gasteiger partial charge in [-0.15, -0.1) is 8.42 Å². The quantitative estimate of drug-likeness (QED) is 0.603. The van der Waals surface area contributed by atoms with Crippen LogP contribution in [0.1, 0.15) is 0 Å². The molecule has 0 fully saturated rings. The number of nitrogen functional groups attached to an aromatic ring is 1. The highest BCUT2D eigenvalue weighted by atomic mass is 32.2. The van der Waals surface area contributed by atoms with Gasteiger partial charge in [-0.2, -0.15) is 0 Å². The van der Waals surface area contributed by atoms with Crippen LogP contribution >= 0.6 is 0 Å². The molecule has 0 spiro atoms. The van der Waals surface area contributed by atoms with Gasteiger partial charge in [0, 0.05) is 16.5 Å². The van der Waals surface area contributed by atoms with E-state index in [9.17, 15) is 8.42 Å². The van der Waals surface area contributed by atoms with Crippen LogP contribution in [0, 0.1) is 5.39 Å². The molecular formula is C10H8N3O2S+. The molecule has 0 aliphatic carbocycles. The molecule has 0 aliphatic rings. The van der Waals surface area contributed by atoms with Crippen molar-refractivity contribution in [1.29, 1.82) is 5.39 Å². The fourth-order valence-corrected chi connectivity index (χ4v) is 2.35. The number of benzene rings is 2. The lowest BCUT2D eigenvalue weighted by Gasteiger charge is -2.02. The number of diazo groups is 1. The summed E-state index contributed by atoms with van der Waals surface area (Å²) in [5.41, 5.74) is 6.20. The zero-order valence-corrected chi connectivity index (χ0v) is 8.98. The lowest BCUT2D eigenvalue weighted by atomic mass is 10.1. The van der Waals surface area contributed by atoms with E-state index in [4.69, 9.17) is 11.1 Å². The molecule has 80 valence electrons. The zero-order chi connectivity index (χ0) is 11.8. The summed E-state index contributed by atoms with van der Waals surface area (Å²) in [5.74, 6) is 0. The Kier molecular flexibility index (Phi) is 2.25. The molecular weight excluding hydrogens is 226 g/mol. The van der Waals surface area contributed by atoms with Gasteiger partial charge < -0.3 is 5.73 Å². The molecule has 6 heteroatoms. The molecule has 0 amide bonds. The van der Waals surface area contributed by atoms with E-state index in [1.165, 1.54) is 12.1 Å². The number of hydrogen-bond donors (Lipinski definition) is 1. The van der Waals surface area contributed by atoms with Crippen molar-refractivity contribution in [3.05, 3.63) is 40.8 Å². The van der Waals surface area contributed by atoms with Gasteiger partial charge in [0.2, 0.25) is 5.39 Å². The minimum absolute atomic E-state index is 0.0557. The van der Waals surface area contributed by atoms with Crippen molar-refractivity contribution < 1.29 is 8.42 Å². The molecule has 2 aromatic rings. The first-order chi connectivity index (χ1) is 7.56. The maximum absolute atomic E-state index is 11.5. The predicted molar refractivity (Wildman–Crippen MR) is 60.6 cm³/mol. The minimum Gasteiger partial charge on any atom is -0.398 e. The van der Waals surface area contributed by atoms with Gasteiger partial charge in [-0.3, -0.25) is 0 Å². The van der Waals surface area contributed by atoms with Crippen molar-refractivity contribution in [3.63, 3.8) is 0 Å². The molecule has 0 saturated carbocycles. The summed E-state index contributed by atoms with van der Waals surface area (Å²) >= 11 is 0. The normalized spacial score (nSPS) is 11.2. The second-order valence-corrected chi connectivity index (χ2v) is 4.81. The molecule has 2 rings (SSSR count). The Hall–Kier alpha value is -2.13. The molecule has 2 aromatic carbocycles. The van der Waals surface area contributed by atoms with E-state index < -0.39 is 10.0 Å². The van der Waals surface area contributed by atoms with E-state index in [1.807, 2.05) is 0 Å². The van der Waals surface area contributed by atoms with Crippen LogP contribution in [0.5, 0.6) is 0 Å². The van der Waals surface area contributed by atoms with Gasteiger partial charge >= 0.3 is 10.0 Å².